The number of carbonyl (C=O) groups is 1. The van der Waals surface area contributed by atoms with Gasteiger partial charge in [-0.05, 0) is 25.7 Å². The molecule has 0 radical (unpaired) electrons. The largest absolute Gasteiger partial charge is 0.506 e. The Kier molecular flexibility index (Phi) is 19.0. The van der Waals surface area contributed by atoms with Crippen molar-refractivity contribution in [2.45, 2.75) is 136 Å². The fraction of sp³-hybridized carbons (Fsp3) is 0.955. The summed E-state index contributed by atoms with van der Waals surface area (Å²) < 4.78 is 5.07. The molecule has 0 rings (SSSR count). The van der Waals surface area contributed by atoms with Gasteiger partial charge in [0.15, 0.2) is 0 Å². The molecule has 0 aliphatic rings. The molecule has 0 fully saturated rings. The van der Waals surface area contributed by atoms with Crippen LogP contribution in [0.15, 0.2) is 0 Å². The molecular formula is C22H44O3. The molecule has 0 aliphatic heterocycles. The van der Waals surface area contributed by atoms with Gasteiger partial charge in [0, 0.05) is 0 Å². The van der Waals surface area contributed by atoms with Crippen molar-refractivity contribution in [2.75, 3.05) is 0 Å². The van der Waals surface area contributed by atoms with Gasteiger partial charge in [0.05, 0.1) is 0 Å². The zero-order valence-electron chi connectivity index (χ0n) is 17.1. The minimum atomic E-state index is -1.11. The van der Waals surface area contributed by atoms with Crippen molar-refractivity contribution in [3.8, 4) is 0 Å². The van der Waals surface area contributed by atoms with Crippen LogP contribution in [0, 0.1) is 0 Å². The van der Waals surface area contributed by atoms with Crippen molar-refractivity contribution < 1.29 is 14.6 Å². The Hall–Kier alpha value is -0.730. The Morgan fingerprint density at radius 1 is 0.640 bits per heavy atom. The standard InChI is InChI=1S/C22H44O3/c1-3-5-7-9-10-11-12-13-14-16-18-20-21(25-22(23)24)19-17-15-8-6-4-2/h21H,3-20H2,1-2H3,(H,23,24). The molecule has 1 N–H and O–H groups in total. The predicted molar refractivity (Wildman–Crippen MR) is 107 cm³/mol. The van der Waals surface area contributed by atoms with Crippen LogP contribution in [0.2, 0.25) is 0 Å². The maximum absolute atomic E-state index is 10.8. The van der Waals surface area contributed by atoms with Crippen LogP contribution in [0.5, 0.6) is 0 Å². The van der Waals surface area contributed by atoms with E-state index in [0.717, 1.165) is 25.7 Å². The number of hydrogen-bond donors (Lipinski definition) is 1. The van der Waals surface area contributed by atoms with Crippen molar-refractivity contribution in [3.63, 3.8) is 0 Å². The highest BCUT2D eigenvalue weighted by Gasteiger charge is 2.12. The van der Waals surface area contributed by atoms with Crippen molar-refractivity contribution >= 4 is 6.16 Å². The first kappa shape index (κ1) is 24.3. The number of carboxylic acid groups (broad SMARTS) is 1. The molecule has 0 bridgehead atoms. The molecular weight excluding hydrogens is 312 g/mol. The summed E-state index contributed by atoms with van der Waals surface area (Å²) in [5, 5.41) is 8.88. The van der Waals surface area contributed by atoms with E-state index in [-0.39, 0.29) is 6.10 Å². The normalized spacial score (nSPS) is 12.2. The molecule has 3 heteroatoms. The Bertz CT molecular complexity index is 278. The van der Waals surface area contributed by atoms with E-state index in [9.17, 15) is 4.79 Å². The number of hydrogen-bond acceptors (Lipinski definition) is 2. The topological polar surface area (TPSA) is 46.5 Å². The highest BCUT2D eigenvalue weighted by molar-refractivity contribution is 5.57. The van der Waals surface area contributed by atoms with Gasteiger partial charge in [-0.25, -0.2) is 4.79 Å². The second kappa shape index (κ2) is 19.6. The molecule has 0 aromatic heterocycles. The van der Waals surface area contributed by atoms with E-state index in [1.807, 2.05) is 0 Å². The Labute approximate surface area is 156 Å². The molecule has 0 aliphatic carbocycles. The Balaban J connectivity index is 3.52. The van der Waals surface area contributed by atoms with Gasteiger partial charge >= 0.3 is 6.16 Å². The fourth-order valence-corrected chi connectivity index (χ4v) is 3.42. The summed E-state index contributed by atoms with van der Waals surface area (Å²) in [5.41, 5.74) is 0. The lowest BCUT2D eigenvalue weighted by atomic mass is 10.0. The van der Waals surface area contributed by atoms with Gasteiger partial charge in [0.25, 0.3) is 0 Å². The van der Waals surface area contributed by atoms with Crippen LogP contribution in [0.25, 0.3) is 0 Å². The molecule has 0 saturated carbocycles. The molecule has 0 aromatic carbocycles. The molecule has 1 unspecified atom stereocenters. The van der Waals surface area contributed by atoms with Crippen LogP contribution in [0.4, 0.5) is 4.79 Å². The third-order valence-corrected chi connectivity index (χ3v) is 5.03. The van der Waals surface area contributed by atoms with Gasteiger partial charge in [-0.2, -0.15) is 0 Å². The van der Waals surface area contributed by atoms with Crippen molar-refractivity contribution in [1.82, 2.24) is 0 Å². The van der Waals surface area contributed by atoms with E-state index < -0.39 is 6.16 Å². The van der Waals surface area contributed by atoms with Gasteiger partial charge in [0.1, 0.15) is 6.10 Å². The lowest BCUT2D eigenvalue weighted by Crippen LogP contribution is -2.16. The van der Waals surface area contributed by atoms with Crippen LogP contribution in [0.3, 0.4) is 0 Å². The number of rotatable bonds is 19. The van der Waals surface area contributed by atoms with Crippen molar-refractivity contribution in [3.05, 3.63) is 0 Å². The lowest BCUT2D eigenvalue weighted by molar-refractivity contribution is 0.0422. The molecule has 0 spiro atoms. The zero-order valence-corrected chi connectivity index (χ0v) is 17.1. The van der Waals surface area contributed by atoms with Gasteiger partial charge < -0.3 is 9.84 Å². The second-order valence-electron chi connectivity index (χ2n) is 7.53. The quantitative estimate of drug-likeness (QED) is 0.188. The smallest absolute Gasteiger partial charge is 0.450 e. The van der Waals surface area contributed by atoms with E-state index in [0.29, 0.717) is 0 Å². The van der Waals surface area contributed by atoms with Crippen LogP contribution >= 0.6 is 0 Å². The van der Waals surface area contributed by atoms with Crippen LogP contribution < -0.4 is 0 Å². The average Bonchev–Trinajstić information content (AvgIpc) is 2.58. The Morgan fingerprint density at radius 3 is 1.28 bits per heavy atom. The SMILES string of the molecule is CCCCCCCCCCCCCC(CCCCCCC)OC(=O)O. The summed E-state index contributed by atoms with van der Waals surface area (Å²) in [6, 6.07) is 0. The maximum Gasteiger partial charge on any atom is 0.506 e. The number of ether oxygens (including phenoxy) is 1. The van der Waals surface area contributed by atoms with E-state index in [2.05, 4.69) is 13.8 Å². The first-order valence-electron chi connectivity index (χ1n) is 11.1. The van der Waals surface area contributed by atoms with E-state index in [1.165, 1.54) is 89.9 Å². The van der Waals surface area contributed by atoms with Gasteiger partial charge in [0.2, 0.25) is 0 Å². The summed E-state index contributed by atoms with van der Waals surface area (Å²) in [6.45, 7) is 4.47. The summed E-state index contributed by atoms with van der Waals surface area (Å²) >= 11 is 0. The molecule has 25 heavy (non-hydrogen) atoms. The van der Waals surface area contributed by atoms with Gasteiger partial charge in [-0.15, -0.1) is 0 Å². The summed E-state index contributed by atoms with van der Waals surface area (Å²) in [5.74, 6) is 0. The van der Waals surface area contributed by atoms with Crippen molar-refractivity contribution in [1.29, 1.82) is 0 Å². The summed E-state index contributed by atoms with van der Waals surface area (Å²) in [6.07, 6.45) is 21.3. The van der Waals surface area contributed by atoms with Gasteiger partial charge in [-0.1, -0.05) is 104 Å². The fourth-order valence-electron chi connectivity index (χ4n) is 3.42. The third-order valence-electron chi connectivity index (χ3n) is 5.03. The van der Waals surface area contributed by atoms with E-state index in [4.69, 9.17) is 9.84 Å². The highest BCUT2D eigenvalue weighted by Crippen LogP contribution is 2.17. The van der Waals surface area contributed by atoms with E-state index in [1.54, 1.807) is 0 Å². The van der Waals surface area contributed by atoms with Crippen molar-refractivity contribution in [2.24, 2.45) is 0 Å². The van der Waals surface area contributed by atoms with Crippen LogP contribution in [0.1, 0.15) is 129 Å². The summed E-state index contributed by atoms with van der Waals surface area (Å²) in [7, 11) is 0. The first-order chi connectivity index (χ1) is 12.2. The van der Waals surface area contributed by atoms with E-state index >= 15 is 0 Å². The van der Waals surface area contributed by atoms with Crippen LogP contribution in [-0.2, 0) is 4.74 Å². The first-order valence-corrected chi connectivity index (χ1v) is 11.1. The predicted octanol–water partition coefficient (Wildman–Crippen LogP) is 8.11. The monoisotopic (exact) mass is 356 g/mol. The molecule has 150 valence electrons. The zero-order chi connectivity index (χ0) is 18.6. The highest BCUT2D eigenvalue weighted by atomic mass is 16.7. The lowest BCUT2D eigenvalue weighted by Gasteiger charge is -2.15. The minimum absolute atomic E-state index is 0.0855. The summed E-state index contributed by atoms with van der Waals surface area (Å²) in [4.78, 5) is 10.8. The maximum atomic E-state index is 10.8. The third kappa shape index (κ3) is 19.4. The molecule has 0 heterocycles. The average molecular weight is 357 g/mol. The number of unbranched alkanes of at least 4 members (excludes halogenated alkanes) is 14. The van der Waals surface area contributed by atoms with Gasteiger partial charge in [-0.3, -0.25) is 0 Å². The minimum Gasteiger partial charge on any atom is -0.450 e. The van der Waals surface area contributed by atoms with Crippen LogP contribution in [-0.4, -0.2) is 17.4 Å². The molecule has 1 atom stereocenters. The molecule has 0 amide bonds. The molecule has 0 saturated heterocycles. The Morgan fingerprint density at radius 2 is 0.960 bits per heavy atom. The second-order valence-corrected chi connectivity index (χ2v) is 7.53. The molecule has 0 aromatic rings. The molecule has 3 nitrogen and oxygen atoms in total.